The number of carboxylic acids is 1. The molecule has 27 heavy (non-hydrogen) atoms. The number of hydrogen-bond donors (Lipinski definition) is 1. The fraction of sp³-hybridized carbons (Fsp3) is 0.619. The van der Waals surface area contributed by atoms with E-state index in [-0.39, 0.29) is 12.1 Å². The molecule has 1 aromatic rings. The molecule has 154 valence electrons. The highest BCUT2D eigenvalue weighted by atomic mass is 16.6. The van der Waals surface area contributed by atoms with Crippen LogP contribution in [0.15, 0.2) is 30.3 Å². The molecule has 1 rings (SSSR count). The normalized spacial score (nSPS) is 11.2. The molecule has 0 radical (unpaired) electrons. The number of aryl methyl sites for hydroxylation is 1. The van der Waals surface area contributed by atoms with Crippen molar-refractivity contribution in [3.63, 3.8) is 0 Å². The van der Waals surface area contributed by atoms with Gasteiger partial charge in [-0.1, -0.05) is 30.3 Å². The summed E-state index contributed by atoms with van der Waals surface area (Å²) in [6.45, 7) is 11.3. The van der Waals surface area contributed by atoms with E-state index in [2.05, 4.69) is 0 Å². The second-order valence-corrected chi connectivity index (χ2v) is 8.20. The standard InChI is InChI=1S/C16H23NO4.C5H12O/c1-16(2,3)21-15(20)17(12-14(18)19)11-7-10-13-8-5-4-6-9-13;1-5(2,3)6-4/h4-6,8-9H,7,10-12H2,1-3H3,(H,18,19);1-4H3. The van der Waals surface area contributed by atoms with Gasteiger partial charge in [0.05, 0.1) is 5.60 Å². The highest BCUT2D eigenvalue weighted by Gasteiger charge is 2.23. The smallest absolute Gasteiger partial charge is 0.410 e. The number of carbonyl (C=O) groups excluding carboxylic acids is 1. The lowest BCUT2D eigenvalue weighted by Gasteiger charge is -2.26. The van der Waals surface area contributed by atoms with Crippen LogP contribution in [0.25, 0.3) is 0 Å². The maximum absolute atomic E-state index is 12.0. The second kappa shape index (κ2) is 11.6. The van der Waals surface area contributed by atoms with Gasteiger partial charge in [-0.3, -0.25) is 9.69 Å². The number of carboxylic acid groups (broad SMARTS) is 1. The van der Waals surface area contributed by atoms with Crippen molar-refractivity contribution >= 4 is 12.1 Å². The Balaban J connectivity index is 0.000000972. The largest absolute Gasteiger partial charge is 0.480 e. The molecule has 1 aromatic carbocycles. The lowest BCUT2D eigenvalue weighted by atomic mass is 10.1. The molecule has 0 spiro atoms. The van der Waals surface area contributed by atoms with Crippen LogP contribution < -0.4 is 0 Å². The van der Waals surface area contributed by atoms with Gasteiger partial charge in [0.25, 0.3) is 0 Å². The number of carbonyl (C=O) groups is 2. The van der Waals surface area contributed by atoms with E-state index < -0.39 is 17.7 Å². The molecule has 0 saturated carbocycles. The zero-order valence-electron chi connectivity index (χ0n) is 17.7. The summed E-state index contributed by atoms with van der Waals surface area (Å²) in [6.07, 6.45) is 0.897. The first-order valence-corrected chi connectivity index (χ1v) is 9.13. The van der Waals surface area contributed by atoms with Crippen LogP contribution in [0.4, 0.5) is 4.79 Å². The molecule has 6 nitrogen and oxygen atoms in total. The number of rotatable bonds is 6. The summed E-state index contributed by atoms with van der Waals surface area (Å²) < 4.78 is 10.2. The molecular weight excluding hydrogens is 346 g/mol. The molecular formula is C21H35NO5. The van der Waals surface area contributed by atoms with Crippen LogP contribution in [0.3, 0.4) is 0 Å². The van der Waals surface area contributed by atoms with Gasteiger partial charge in [-0.05, 0) is 59.9 Å². The summed E-state index contributed by atoms with van der Waals surface area (Å²) in [6, 6.07) is 9.88. The summed E-state index contributed by atoms with van der Waals surface area (Å²) >= 11 is 0. The van der Waals surface area contributed by atoms with E-state index in [1.807, 2.05) is 51.1 Å². The van der Waals surface area contributed by atoms with Gasteiger partial charge in [-0.2, -0.15) is 0 Å². The molecule has 1 N–H and O–H groups in total. The number of aliphatic carboxylic acids is 1. The molecule has 0 unspecified atom stereocenters. The van der Waals surface area contributed by atoms with Gasteiger partial charge in [0.15, 0.2) is 0 Å². The molecule has 0 fully saturated rings. The number of benzene rings is 1. The third-order valence-electron chi connectivity index (χ3n) is 3.33. The lowest BCUT2D eigenvalue weighted by Crippen LogP contribution is -2.40. The van der Waals surface area contributed by atoms with Crippen LogP contribution >= 0.6 is 0 Å². The quantitative estimate of drug-likeness (QED) is 0.792. The lowest BCUT2D eigenvalue weighted by molar-refractivity contribution is -0.138. The van der Waals surface area contributed by atoms with Crippen molar-refractivity contribution in [2.75, 3.05) is 20.2 Å². The van der Waals surface area contributed by atoms with E-state index in [0.29, 0.717) is 13.0 Å². The minimum absolute atomic E-state index is 0.0417. The molecule has 0 aromatic heterocycles. The summed E-state index contributed by atoms with van der Waals surface area (Å²) in [4.78, 5) is 24.1. The van der Waals surface area contributed by atoms with Crippen LogP contribution in [0, 0.1) is 0 Å². The van der Waals surface area contributed by atoms with Crippen molar-refractivity contribution in [2.24, 2.45) is 0 Å². The highest BCUT2D eigenvalue weighted by Crippen LogP contribution is 2.11. The van der Waals surface area contributed by atoms with Gasteiger partial charge in [0, 0.05) is 13.7 Å². The Morgan fingerprint density at radius 2 is 1.52 bits per heavy atom. The van der Waals surface area contributed by atoms with Crippen LogP contribution in [0.2, 0.25) is 0 Å². The summed E-state index contributed by atoms with van der Waals surface area (Å²) in [5.41, 5.74) is 0.574. The first-order chi connectivity index (χ1) is 12.3. The first kappa shape index (κ1) is 24.9. The number of nitrogens with zero attached hydrogens (tertiary/aromatic N) is 1. The van der Waals surface area contributed by atoms with Gasteiger partial charge < -0.3 is 14.6 Å². The topological polar surface area (TPSA) is 76.1 Å². The van der Waals surface area contributed by atoms with Gasteiger partial charge in [0.2, 0.25) is 0 Å². The predicted octanol–water partition coefficient (Wildman–Crippen LogP) is 4.37. The third-order valence-corrected chi connectivity index (χ3v) is 3.33. The fourth-order valence-corrected chi connectivity index (χ4v) is 1.84. The summed E-state index contributed by atoms with van der Waals surface area (Å²) in [7, 11) is 1.71. The second-order valence-electron chi connectivity index (χ2n) is 8.20. The van der Waals surface area contributed by atoms with Gasteiger partial charge in [-0.15, -0.1) is 0 Å². The van der Waals surface area contributed by atoms with Crippen LogP contribution in [-0.2, 0) is 20.7 Å². The Hall–Kier alpha value is -2.08. The maximum atomic E-state index is 12.0. The Morgan fingerprint density at radius 1 is 1.00 bits per heavy atom. The van der Waals surface area contributed by atoms with Gasteiger partial charge in [-0.25, -0.2) is 4.79 Å². The van der Waals surface area contributed by atoms with Gasteiger partial charge >= 0.3 is 12.1 Å². The molecule has 0 aliphatic rings. The number of ether oxygens (including phenoxy) is 2. The van der Waals surface area contributed by atoms with Crippen LogP contribution in [0.5, 0.6) is 0 Å². The SMILES string of the molecule is CC(C)(C)OC(=O)N(CCCc1ccccc1)CC(=O)O.COC(C)(C)C. The molecule has 0 aliphatic carbocycles. The Kier molecular flexibility index (Phi) is 10.7. The van der Waals surface area contributed by atoms with Crippen molar-refractivity contribution in [2.45, 2.75) is 65.6 Å². The minimum Gasteiger partial charge on any atom is -0.480 e. The molecule has 0 bridgehead atoms. The molecule has 0 atom stereocenters. The minimum atomic E-state index is -1.04. The third kappa shape index (κ3) is 14.7. The fourth-order valence-electron chi connectivity index (χ4n) is 1.84. The van der Waals surface area contributed by atoms with Crippen LogP contribution in [-0.4, -0.2) is 53.5 Å². The summed E-state index contributed by atoms with van der Waals surface area (Å²) in [5, 5.41) is 8.90. The Morgan fingerprint density at radius 3 is 1.93 bits per heavy atom. The monoisotopic (exact) mass is 381 g/mol. The Labute approximate surface area is 163 Å². The highest BCUT2D eigenvalue weighted by molar-refractivity contribution is 5.76. The maximum Gasteiger partial charge on any atom is 0.410 e. The first-order valence-electron chi connectivity index (χ1n) is 9.13. The molecule has 1 amide bonds. The predicted molar refractivity (Wildman–Crippen MR) is 107 cm³/mol. The number of hydrogen-bond acceptors (Lipinski definition) is 4. The van der Waals surface area contributed by atoms with Crippen molar-refractivity contribution in [1.82, 2.24) is 4.90 Å². The van der Waals surface area contributed by atoms with E-state index in [1.165, 1.54) is 4.90 Å². The van der Waals surface area contributed by atoms with Crippen LogP contribution in [0.1, 0.15) is 53.5 Å². The van der Waals surface area contributed by atoms with E-state index in [4.69, 9.17) is 14.6 Å². The molecule has 0 heterocycles. The van der Waals surface area contributed by atoms with Gasteiger partial charge in [0.1, 0.15) is 12.1 Å². The average molecular weight is 382 g/mol. The van der Waals surface area contributed by atoms with E-state index in [0.717, 1.165) is 12.0 Å². The zero-order chi connectivity index (χ0) is 21.1. The zero-order valence-corrected chi connectivity index (χ0v) is 17.7. The van der Waals surface area contributed by atoms with E-state index in [1.54, 1.807) is 27.9 Å². The van der Waals surface area contributed by atoms with E-state index >= 15 is 0 Å². The molecule has 6 heteroatoms. The molecule has 0 aliphatic heterocycles. The summed E-state index contributed by atoms with van der Waals surface area (Å²) in [5.74, 6) is -1.04. The average Bonchev–Trinajstić information content (AvgIpc) is 2.53. The van der Waals surface area contributed by atoms with Crippen molar-refractivity contribution in [3.8, 4) is 0 Å². The van der Waals surface area contributed by atoms with Crippen molar-refractivity contribution < 1.29 is 24.2 Å². The number of amides is 1. The van der Waals surface area contributed by atoms with Crippen molar-refractivity contribution in [3.05, 3.63) is 35.9 Å². The van der Waals surface area contributed by atoms with Crippen molar-refractivity contribution in [1.29, 1.82) is 0 Å². The molecule has 0 saturated heterocycles. The number of methoxy groups -OCH3 is 1. The van der Waals surface area contributed by atoms with E-state index in [9.17, 15) is 9.59 Å². The Bertz CT molecular complexity index is 558.